The van der Waals surface area contributed by atoms with Crippen LogP contribution in [0.25, 0.3) is 11.4 Å². The van der Waals surface area contributed by atoms with Crippen molar-refractivity contribution in [1.29, 1.82) is 0 Å². The van der Waals surface area contributed by atoms with E-state index in [0.29, 0.717) is 17.4 Å². The average Bonchev–Trinajstić information content (AvgIpc) is 2.76. The SMILES string of the molecule is O=CNNc1nc(-c2ccccc2)ns1. The number of aromatic nitrogens is 2. The summed E-state index contributed by atoms with van der Waals surface area (Å²) >= 11 is 1.19. The molecule has 0 spiro atoms. The Morgan fingerprint density at radius 2 is 2.07 bits per heavy atom. The third kappa shape index (κ3) is 2.29. The molecule has 2 aromatic rings. The summed E-state index contributed by atoms with van der Waals surface area (Å²) in [4.78, 5) is 14.2. The number of nitrogens with one attached hydrogen (secondary N) is 2. The van der Waals surface area contributed by atoms with Gasteiger partial charge in [0.05, 0.1) is 0 Å². The maximum atomic E-state index is 10.0. The van der Waals surface area contributed by atoms with Crippen molar-refractivity contribution in [3.8, 4) is 11.4 Å². The molecule has 0 saturated carbocycles. The van der Waals surface area contributed by atoms with E-state index < -0.39 is 0 Å². The Morgan fingerprint density at radius 3 is 2.80 bits per heavy atom. The Morgan fingerprint density at radius 1 is 1.27 bits per heavy atom. The average molecular weight is 220 g/mol. The fraction of sp³-hybridized carbons (Fsp3) is 0. The number of hydrogen-bond acceptors (Lipinski definition) is 5. The number of hydrogen-bond donors (Lipinski definition) is 2. The van der Waals surface area contributed by atoms with Gasteiger partial charge >= 0.3 is 0 Å². The van der Waals surface area contributed by atoms with Crippen LogP contribution in [0.5, 0.6) is 0 Å². The molecule has 0 atom stereocenters. The van der Waals surface area contributed by atoms with Crippen LogP contribution in [0, 0.1) is 0 Å². The van der Waals surface area contributed by atoms with Gasteiger partial charge in [-0.3, -0.25) is 15.6 Å². The molecule has 0 radical (unpaired) electrons. The molecule has 1 amide bonds. The van der Waals surface area contributed by atoms with Crippen molar-refractivity contribution < 1.29 is 4.79 Å². The van der Waals surface area contributed by atoms with Gasteiger partial charge in [-0.05, 0) is 0 Å². The largest absolute Gasteiger partial charge is 0.277 e. The normalized spacial score (nSPS) is 9.60. The summed E-state index contributed by atoms with van der Waals surface area (Å²) in [7, 11) is 0. The lowest BCUT2D eigenvalue weighted by Crippen LogP contribution is -2.18. The van der Waals surface area contributed by atoms with Gasteiger partial charge in [-0.25, -0.2) is 0 Å². The molecular formula is C9H8N4OS. The molecule has 1 heterocycles. The topological polar surface area (TPSA) is 66.9 Å². The second kappa shape index (κ2) is 4.52. The predicted molar refractivity (Wildman–Crippen MR) is 58.2 cm³/mol. The van der Waals surface area contributed by atoms with Gasteiger partial charge in [0.1, 0.15) is 0 Å². The van der Waals surface area contributed by atoms with Crippen LogP contribution in [-0.4, -0.2) is 15.8 Å². The molecule has 0 fully saturated rings. The zero-order chi connectivity index (χ0) is 10.5. The Balaban J connectivity index is 2.17. The van der Waals surface area contributed by atoms with Crippen LogP contribution in [0.15, 0.2) is 30.3 Å². The van der Waals surface area contributed by atoms with Crippen molar-refractivity contribution in [3.05, 3.63) is 30.3 Å². The number of carbonyl (C=O) groups is 1. The van der Waals surface area contributed by atoms with Crippen molar-refractivity contribution in [2.75, 3.05) is 5.43 Å². The minimum atomic E-state index is 0.545. The number of amides is 1. The van der Waals surface area contributed by atoms with Crippen LogP contribution >= 0.6 is 11.5 Å². The van der Waals surface area contributed by atoms with E-state index in [1.807, 2.05) is 30.3 Å². The van der Waals surface area contributed by atoms with Gasteiger partial charge in [0.15, 0.2) is 5.82 Å². The number of anilines is 1. The summed E-state index contributed by atoms with van der Waals surface area (Å²) < 4.78 is 4.15. The van der Waals surface area contributed by atoms with E-state index in [1.54, 1.807) is 0 Å². The number of rotatable bonds is 4. The van der Waals surface area contributed by atoms with E-state index in [9.17, 15) is 4.79 Å². The number of nitrogens with zero attached hydrogens (tertiary/aromatic N) is 2. The lowest BCUT2D eigenvalue weighted by Gasteiger charge is -1.95. The zero-order valence-electron chi connectivity index (χ0n) is 7.68. The molecule has 6 heteroatoms. The molecule has 2 N–H and O–H groups in total. The summed E-state index contributed by atoms with van der Waals surface area (Å²) in [6, 6.07) is 9.64. The molecule has 0 aliphatic heterocycles. The third-order valence-corrected chi connectivity index (χ3v) is 2.33. The van der Waals surface area contributed by atoms with Crippen LogP contribution in [-0.2, 0) is 4.79 Å². The van der Waals surface area contributed by atoms with E-state index in [4.69, 9.17) is 0 Å². The van der Waals surface area contributed by atoms with E-state index in [2.05, 4.69) is 20.2 Å². The van der Waals surface area contributed by atoms with Gasteiger partial charge in [-0.1, -0.05) is 30.3 Å². The van der Waals surface area contributed by atoms with Crippen LogP contribution in [0.4, 0.5) is 5.13 Å². The molecule has 0 unspecified atom stereocenters. The molecule has 2 rings (SSSR count). The van der Waals surface area contributed by atoms with E-state index in [-0.39, 0.29) is 0 Å². The van der Waals surface area contributed by atoms with Crippen molar-refractivity contribution in [3.63, 3.8) is 0 Å². The molecule has 1 aromatic heterocycles. The van der Waals surface area contributed by atoms with E-state index in [0.717, 1.165) is 5.56 Å². The standard InChI is InChI=1S/C9H8N4OS/c14-6-10-12-9-11-8(13-15-9)7-4-2-1-3-5-7/h1-6H,(H,10,14)(H,11,12,13). The highest BCUT2D eigenvalue weighted by atomic mass is 32.1. The highest BCUT2D eigenvalue weighted by molar-refractivity contribution is 7.09. The first-order valence-corrected chi connectivity index (χ1v) is 5.02. The first-order chi connectivity index (χ1) is 7.40. The maximum Gasteiger partial charge on any atom is 0.225 e. The Bertz CT molecular complexity index is 442. The summed E-state index contributed by atoms with van der Waals surface area (Å²) in [6.07, 6.45) is 0.545. The minimum absolute atomic E-state index is 0.545. The number of hydrazine groups is 1. The van der Waals surface area contributed by atoms with Gasteiger partial charge in [-0.2, -0.15) is 9.36 Å². The van der Waals surface area contributed by atoms with Gasteiger partial charge in [-0.15, -0.1) is 0 Å². The molecule has 76 valence electrons. The van der Waals surface area contributed by atoms with Crippen molar-refractivity contribution >= 4 is 23.1 Å². The minimum Gasteiger partial charge on any atom is -0.277 e. The predicted octanol–water partition coefficient (Wildman–Crippen LogP) is 1.28. The summed E-state index contributed by atoms with van der Waals surface area (Å²) in [5.41, 5.74) is 5.87. The Kier molecular flexibility index (Phi) is 2.89. The van der Waals surface area contributed by atoms with E-state index in [1.165, 1.54) is 11.5 Å². The lowest BCUT2D eigenvalue weighted by atomic mass is 10.2. The van der Waals surface area contributed by atoms with Gasteiger partial charge in [0.25, 0.3) is 0 Å². The molecule has 0 saturated heterocycles. The Hall–Kier alpha value is -1.95. The van der Waals surface area contributed by atoms with Crippen molar-refractivity contribution in [1.82, 2.24) is 14.8 Å². The highest BCUT2D eigenvalue weighted by Crippen LogP contribution is 2.19. The van der Waals surface area contributed by atoms with Crippen molar-refractivity contribution in [2.45, 2.75) is 0 Å². The van der Waals surface area contributed by atoms with E-state index >= 15 is 0 Å². The van der Waals surface area contributed by atoms with Crippen LogP contribution in [0.3, 0.4) is 0 Å². The lowest BCUT2D eigenvalue weighted by molar-refractivity contribution is -0.109. The summed E-state index contributed by atoms with van der Waals surface area (Å²) in [5.74, 6) is 0.649. The fourth-order valence-corrected chi connectivity index (χ4v) is 1.62. The fourth-order valence-electron chi connectivity index (χ4n) is 1.07. The quantitative estimate of drug-likeness (QED) is 0.601. The molecule has 15 heavy (non-hydrogen) atoms. The molecular weight excluding hydrogens is 212 g/mol. The van der Waals surface area contributed by atoms with Crippen LogP contribution < -0.4 is 10.9 Å². The van der Waals surface area contributed by atoms with Crippen LogP contribution in [0.2, 0.25) is 0 Å². The van der Waals surface area contributed by atoms with Gasteiger partial charge < -0.3 is 0 Å². The molecule has 0 aliphatic carbocycles. The second-order valence-electron chi connectivity index (χ2n) is 2.68. The maximum absolute atomic E-state index is 10.0. The monoisotopic (exact) mass is 220 g/mol. The van der Waals surface area contributed by atoms with Crippen molar-refractivity contribution in [2.24, 2.45) is 0 Å². The molecule has 0 bridgehead atoms. The van der Waals surface area contributed by atoms with Gasteiger partial charge in [0.2, 0.25) is 11.5 Å². The summed E-state index contributed by atoms with van der Waals surface area (Å²) in [5, 5.41) is 0.556. The summed E-state index contributed by atoms with van der Waals surface area (Å²) in [6.45, 7) is 0. The molecule has 1 aromatic carbocycles. The van der Waals surface area contributed by atoms with Crippen LogP contribution in [0.1, 0.15) is 0 Å². The number of benzene rings is 1. The first-order valence-electron chi connectivity index (χ1n) is 4.24. The number of carbonyl (C=O) groups excluding carboxylic acids is 1. The second-order valence-corrected chi connectivity index (χ2v) is 3.43. The van der Waals surface area contributed by atoms with Gasteiger partial charge in [0, 0.05) is 17.1 Å². The molecule has 5 nitrogen and oxygen atoms in total. The first kappa shape index (κ1) is 9.60. The zero-order valence-corrected chi connectivity index (χ0v) is 8.49. The molecule has 0 aliphatic rings. The Labute approximate surface area is 90.3 Å². The third-order valence-electron chi connectivity index (χ3n) is 1.70. The highest BCUT2D eigenvalue weighted by Gasteiger charge is 2.04. The smallest absolute Gasteiger partial charge is 0.225 e.